The molecule has 2 N–H and O–H groups in total. The topological polar surface area (TPSA) is 119 Å². The number of hydrogen-bond acceptors (Lipinski definition) is 5. The van der Waals surface area contributed by atoms with E-state index in [1.54, 1.807) is 24.3 Å². The number of aryl methyl sites for hydroxylation is 1. The van der Waals surface area contributed by atoms with Gasteiger partial charge in [0.05, 0.1) is 24.3 Å². The van der Waals surface area contributed by atoms with Gasteiger partial charge in [0.2, 0.25) is 5.62 Å². The molecule has 0 radical (unpaired) electrons. The first-order valence-corrected chi connectivity index (χ1v) is 11.6. The van der Waals surface area contributed by atoms with Gasteiger partial charge in [-0.25, -0.2) is 19.1 Å². The molecule has 9 heteroatoms. The SMILES string of the molecule is Cc1ccc(Cn2c(=O)n(CC(C)(C)C(=O)O)c(=O)[nH]/c2=N\c2ccc(OCC3CC3)cc2)cc1. The van der Waals surface area contributed by atoms with Crippen LogP contribution >= 0.6 is 0 Å². The van der Waals surface area contributed by atoms with E-state index in [0.29, 0.717) is 18.2 Å². The molecule has 3 aromatic rings. The summed E-state index contributed by atoms with van der Waals surface area (Å²) in [5.74, 6) is 0.276. The van der Waals surface area contributed by atoms with Crippen molar-refractivity contribution < 1.29 is 14.6 Å². The summed E-state index contributed by atoms with van der Waals surface area (Å²) in [6, 6.07) is 14.8. The Labute approximate surface area is 202 Å². The van der Waals surface area contributed by atoms with E-state index in [1.807, 2.05) is 31.2 Å². The molecule has 0 unspecified atom stereocenters. The van der Waals surface area contributed by atoms with Crippen LogP contribution in [0.1, 0.15) is 37.8 Å². The lowest BCUT2D eigenvalue weighted by Gasteiger charge is -2.20. The average Bonchev–Trinajstić information content (AvgIpc) is 3.64. The van der Waals surface area contributed by atoms with Gasteiger partial charge in [-0.3, -0.25) is 14.3 Å². The Morgan fingerprint density at radius 2 is 1.74 bits per heavy atom. The lowest BCUT2D eigenvalue weighted by Crippen LogP contribution is -2.52. The molecular weight excluding hydrogens is 448 g/mol. The van der Waals surface area contributed by atoms with Crippen LogP contribution in [0.4, 0.5) is 5.69 Å². The number of aromatic nitrogens is 3. The van der Waals surface area contributed by atoms with Gasteiger partial charge in [-0.2, -0.15) is 0 Å². The molecule has 2 aromatic carbocycles. The number of aliphatic carboxylic acids is 1. The number of H-pyrrole nitrogens is 1. The van der Waals surface area contributed by atoms with Crippen LogP contribution in [0.15, 0.2) is 63.1 Å². The fourth-order valence-corrected chi connectivity index (χ4v) is 3.50. The quantitative estimate of drug-likeness (QED) is 0.490. The highest BCUT2D eigenvalue weighted by Crippen LogP contribution is 2.29. The number of nitrogens with zero attached hydrogens (tertiary/aromatic N) is 3. The smallest absolute Gasteiger partial charge is 0.335 e. The zero-order chi connectivity index (χ0) is 25.2. The van der Waals surface area contributed by atoms with Gasteiger partial charge in [0.25, 0.3) is 0 Å². The Balaban J connectivity index is 1.75. The molecule has 0 saturated heterocycles. The molecule has 1 aromatic heterocycles. The molecule has 1 fully saturated rings. The number of carboxylic acids is 1. The second kappa shape index (κ2) is 9.77. The number of ether oxygens (including phenoxy) is 1. The highest BCUT2D eigenvalue weighted by atomic mass is 16.5. The molecule has 0 amide bonds. The third kappa shape index (κ3) is 5.98. The van der Waals surface area contributed by atoms with Gasteiger partial charge in [0, 0.05) is 6.54 Å². The van der Waals surface area contributed by atoms with Crippen LogP contribution in [-0.4, -0.2) is 31.8 Å². The summed E-state index contributed by atoms with van der Waals surface area (Å²) in [6.07, 6.45) is 2.41. The molecule has 1 aliphatic rings. The molecule has 0 spiro atoms. The van der Waals surface area contributed by atoms with Crippen molar-refractivity contribution in [1.29, 1.82) is 0 Å². The zero-order valence-corrected chi connectivity index (χ0v) is 20.2. The minimum atomic E-state index is -1.31. The lowest BCUT2D eigenvalue weighted by atomic mass is 9.94. The fourth-order valence-electron chi connectivity index (χ4n) is 3.50. The van der Waals surface area contributed by atoms with Gasteiger partial charge < -0.3 is 9.84 Å². The molecule has 1 aliphatic carbocycles. The fraction of sp³-hybridized carbons (Fsp3) is 0.385. The van der Waals surface area contributed by atoms with Gasteiger partial charge in [-0.1, -0.05) is 29.8 Å². The van der Waals surface area contributed by atoms with Crippen molar-refractivity contribution in [1.82, 2.24) is 14.1 Å². The molecule has 184 valence electrons. The average molecular weight is 479 g/mol. The van der Waals surface area contributed by atoms with Crippen LogP contribution in [0.2, 0.25) is 0 Å². The second-order valence-corrected chi connectivity index (χ2v) is 9.74. The Kier molecular flexibility index (Phi) is 6.77. The van der Waals surface area contributed by atoms with Crippen molar-refractivity contribution >= 4 is 11.7 Å². The largest absolute Gasteiger partial charge is 0.493 e. The number of hydrogen-bond donors (Lipinski definition) is 2. The summed E-state index contributed by atoms with van der Waals surface area (Å²) >= 11 is 0. The van der Waals surface area contributed by atoms with Crippen LogP contribution in [0.3, 0.4) is 0 Å². The van der Waals surface area contributed by atoms with Gasteiger partial charge in [-0.05, 0) is 69.4 Å². The maximum Gasteiger partial charge on any atom is 0.335 e. The Bertz CT molecular complexity index is 1390. The predicted molar refractivity (Wildman–Crippen MR) is 131 cm³/mol. The van der Waals surface area contributed by atoms with E-state index >= 15 is 0 Å². The molecule has 9 nitrogen and oxygen atoms in total. The Morgan fingerprint density at radius 1 is 1.09 bits per heavy atom. The second-order valence-electron chi connectivity index (χ2n) is 9.74. The number of carbonyl (C=O) groups is 1. The summed E-state index contributed by atoms with van der Waals surface area (Å²) in [6.45, 7) is 5.48. The highest BCUT2D eigenvalue weighted by Gasteiger charge is 2.29. The maximum atomic E-state index is 13.4. The molecule has 1 saturated carbocycles. The van der Waals surface area contributed by atoms with E-state index in [-0.39, 0.29) is 18.7 Å². The maximum absolute atomic E-state index is 13.4. The third-order valence-corrected chi connectivity index (χ3v) is 6.03. The van der Waals surface area contributed by atoms with Crippen molar-refractivity contribution in [3.05, 3.63) is 86.2 Å². The van der Waals surface area contributed by atoms with E-state index < -0.39 is 22.8 Å². The standard InChI is InChI=1S/C26H30N4O5/c1-17-4-6-18(7-5-17)14-29-23(27-20-10-12-21(13-11-20)35-15-19-8-9-19)28-24(33)30(25(29)34)16-26(2,3)22(31)32/h4-7,10-13,19H,8-9,14-16H2,1-3H3,(H,31,32)(H,27,28,33). The number of nitrogens with one attached hydrogen (secondary N) is 1. The summed E-state index contributed by atoms with van der Waals surface area (Å²) in [7, 11) is 0. The number of benzene rings is 2. The molecule has 4 rings (SSSR count). The van der Waals surface area contributed by atoms with E-state index in [9.17, 15) is 19.5 Å². The predicted octanol–water partition coefficient (Wildman–Crippen LogP) is 2.83. The minimum absolute atomic E-state index is 0.0802. The van der Waals surface area contributed by atoms with Crippen LogP contribution in [0, 0.1) is 18.3 Å². The molecular formula is C26H30N4O5. The highest BCUT2D eigenvalue weighted by molar-refractivity contribution is 5.73. The number of carboxylic acid groups (broad SMARTS) is 1. The first kappa shape index (κ1) is 24.3. The Morgan fingerprint density at radius 3 is 2.34 bits per heavy atom. The van der Waals surface area contributed by atoms with Crippen LogP contribution in [0.25, 0.3) is 0 Å². The zero-order valence-electron chi connectivity index (χ0n) is 20.2. The van der Waals surface area contributed by atoms with Crippen molar-refractivity contribution in [2.24, 2.45) is 16.3 Å². The first-order chi connectivity index (χ1) is 16.6. The number of rotatable bonds is 9. The summed E-state index contributed by atoms with van der Waals surface area (Å²) in [5.41, 5.74) is -0.118. The van der Waals surface area contributed by atoms with Gasteiger partial charge in [0.15, 0.2) is 0 Å². The molecule has 35 heavy (non-hydrogen) atoms. The summed E-state index contributed by atoms with van der Waals surface area (Å²) in [4.78, 5) is 45.1. The van der Waals surface area contributed by atoms with E-state index in [1.165, 1.54) is 31.3 Å². The van der Waals surface area contributed by atoms with Gasteiger partial charge >= 0.3 is 17.3 Å². The van der Waals surface area contributed by atoms with E-state index in [0.717, 1.165) is 21.4 Å². The van der Waals surface area contributed by atoms with E-state index in [2.05, 4.69) is 9.98 Å². The number of aromatic amines is 1. The minimum Gasteiger partial charge on any atom is -0.493 e. The van der Waals surface area contributed by atoms with Crippen molar-refractivity contribution in [2.75, 3.05) is 6.61 Å². The summed E-state index contributed by atoms with van der Waals surface area (Å²) in [5, 5.41) is 9.50. The van der Waals surface area contributed by atoms with Gasteiger partial charge in [-0.15, -0.1) is 0 Å². The van der Waals surface area contributed by atoms with Crippen molar-refractivity contribution in [2.45, 2.75) is 46.7 Å². The molecule has 0 bridgehead atoms. The first-order valence-electron chi connectivity index (χ1n) is 11.6. The Hall–Kier alpha value is -3.88. The normalized spacial score (nSPS) is 14.2. The molecule has 1 heterocycles. The van der Waals surface area contributed by atoms with Crippen LogP contribution in [0.5, 0.6) is 5.75 Å². The van der Waals surface area contributed by atoms with Gasteiger partial charge in [0.1, 0.15) is 5.75 Å². The van der Waals surface area contributed by atoms with Crippen molar-refractivity contribution in [3.8, 4) is 5.75 Å². The van der Waals surface area contributed by atoms with E-state index in [4.69, 9.17) is 4.74 Å². The molecule has 0 aliphatic heterocycles. The molecule has 0 atom stereocenters. The van der Waals surface area contributed by atoms with Crippen LogP contribution in [-0.2, 0) is 17.9 Å². The van der Waals surface area contributed by atoms with Crippen molar-refractivity contribution in [3.63, 3.8) is 0 Å². The summed E-state index contributed by atoms with van der Waals surface area (Å²) < 4.78 is 8.02. The third-order valence-electron chi connectivity index (χ3n) is 6.03. The lowest BCUT2D eigenvalue weighted by molar-refractivity contribution is -0.147. The monoisotopic (exact) mass is 478 g/mol. The van der Waals surface area contributed by atoms with Crippen LogP contribution < -0.4 is 21.7 Å².